The summed E-state index contributed by atoms with van der Waals surface area (Å²) < 4.78 is 13.3. The van der Waals surface area contributed by atoms with Gasteiger partial charge < -0.3 is 10.4 Å². The molecule has 2 atom stereocenters. The molecule has 0 fully saturated rings. The van der Waals surface area contributed by atoms with Crippen LogP contribution >= 0.6 is 0 Å². The van der Waals surface area contributed by atoms with Crippen LogP contribution in [0.2, 0.25) is 0 Å². The third-order valence-corrected chi connectivity index (χ3v) is 3.78. The second-order valence-electron chi connectivity index (χ2n) is 5.62. The number of hydrogen-bond donors (Lipinski definition) is 2. The van der Waals surface area contributed by atoms with Crippen LogP contribution in [0.3, 0.4) is 0 Å². The molecule has 112 valence electrons. The van der Waals surface area contributed by atoms with Gasteiger partial charge in [-0.3, -0.25) is 0 Å². The summed E-state index contributed by atoms with van der Waals surface area (Å²) in [7, 11) is 0. The van der Waals surface area contributed by atoms with E-state index in [4.69, 9.17) is 0 Å². The molecular formula is C18H22FNO. The number of rotatable bonds is 5. The number of aromatic hydroxyl groups is 1. The monoisotopic (exact) mass is 287 g/mol. The standard InChI is InChI=1S/C18H22FNO/c1-12-6-4-5-7-15(12)10-13(2)20-14(3)17-11-16(19)8-9-18(17)21/h4-9,11,13-14,20-21H,10H2,1-3H3. The lowest BCUT2D eigenvalue weighted by molar-refractivity contribution is 0.430. The predicted molar refractivity (Wildman–Crippen MR) is 84.0 cm³/mol. The van der Waals surface area contributed by atoms with E-state index in [-0.39, 0.29) is 23.7 Å². The van der Waals surface area contributed by atoms with E-state index in [1.165, 1.54) is 29.3 Å². The molecule has 2 aromatic rings. The van der Waals surface area contributed by atoms with E-state index in [1.54, 1.807) is 0 Å². The van der Waals surface area contributed by atoms with E-state index < -0.39 is 0 Å². The van der Waals surface area contributed by atoms with Crippen molar-refractivity contribution in [3.05, 3.63) is 65.0 Å². The van der Waals surface area contributed by atoms with Crippen molar-refractivity contribution in [2.24, 2.45) is 0 Å². The molecule has 0 amide bonds. The zero-order valence-electron chi connectivity index (χ0n) is 12.7. The number of hydrogen-bond acceptors (Lipinski definition) is 2. The molecule has 0 aliphatic rings. The molecule has 2 unspecified atom stereocenters. The van der Waals surface area contributed by atoms with Crippen LogP contribution in [-0.2, 0) is 6.42 Å². The van der Waals surface area contributed by atoms with Gasteiger partial charge in [-0.1, -0.05) is 24.3 Å². The first kappa shape index (κ1) is 15.5. The Morgan fingerprint density at radius 3 is 2.57 bits per heavy atom. The second kappa shape index (κ2) is 6.72. The van der Waals surface area contributed by atoms with Gasteiger partial charge >= 0.3 is 0 Å². The topological polar surface area (TPSA) is 32.3 Å². The lowest BCUT2D eigenvalue weighted by Gasteiger charge is -2.22. The van der Waals surface area contributed by atoms with Gasteiger partial charge in [-0.05, 0) is 56.5 Å². The lowest BCUT2D eigenvalue weighted by atomic mass is 10.0. The van der Waals surface area contributed by atoms with Crippen LogP contribution in [0.4, 0.5) is 4.39 Å². The van der Waals surface area contributed by atoms with Gasteiger partial charge in [0.05, 0.1) is 0 Å². The van der Waals surface area contributed by atoms with Crippen molar-refractivity contribution in [1.29, 1.82) is 0 Å². The minimum atomic E-state index is -0.331. The lowest BCUT2D eigenvalue weighted by Crippen LogP contribution is -2.31. The van der Waals surface area contributed by atoms with Crippen LogP contribution in [0.15, 0.2) is 42.5 Å². The average molecular weight is 287 g/mol. The van der Waals surface area contributed by atoms with E-state index >= 15 is 0 Å². The van der Waals surface area contributed by atoms with Gasteiger partial charge in [0.25, 0.3) is 0 Å². The van der Waals surface area contributed by atoms with Crippen LogP contribution < -0.4 is 5.32 Å². The van der Waals surface area contributed by atoms with Gasteiger partial charge in [-0.2, -0.15) is 0 Å². The molecule has 0 aliphatic carbocycles. The fourth-order valence-corrected chi connectivity index (χ4v) is 2.62. The van der Waals surface area contributed by atoms with Crippen molar-refractivity contribution in [2.45, 2.75) is 39.3 Å². The molecule has 3 heteroatoms. The maximum Gasteiger partial charge on any atom is 0.123 e. The number of phenolic OH excluding ortho intramolecular Hbond substituents is 1. The van der Waals surface area contributed by atoms with Crippen LogP contribution in [0.1, 0.15) is 36.6 Å². The zero-order valence-corrected chi connectivity index (χ0v) is 12.7. The molecule has 0 spiro atoms. The number of aryl methyl sites for hydroxylation is 1. The maximum atomic E-state index is 13.3. The Morgan fingerprint density at radius 2 is 1.86 bits per heavy atom. The summed E-state index contributed by atoms with van der Waals surface area (Å²) in [6.45, 7) is 6.13. The highest BCUT2D eigenvalue weighted by atomic mass is 19.1. The maximum absolute atomic E-state index is 13.3. The first-order valence-corrected chi connectivity index (χ1v) is 7.26. The summed E-state index contributed by atoms with van der Waals surface area (Å²) in [5.41, 5.74) is 3.16. The highest BCUT2D eigenvalue weighted by Crippen LogP contribution is 2.25. The minimum absolute atomic E-state index is 0.111. The van der Waals surface area contributed by atoms with Crippen LogP contribution in [0.5, 0.6) is 5.75 Å². The summed E-state index contributed by atoms with van der Waals surface area (Å²) in [5, 5.41) is 13.3. The Balaban J connectivity index is 2.04. The van der Waals surface area contributed by atoms with E-state index in [9.17, 15) is 9.50 Å². The Labute approximate surface area is 125 Å². The van der Waals surface area contributed by atoms with Gasteiger partial charge in [-0.25, -0.2) is 4.39 Å². The molecule has 0 radical (unpaired) electrons. The third kappa shape index (κ3) is 4.05. The molecule has 21 heavy (non-hydrogen) atoms. The molecule has 0 aliphatic heterocycles. The average Bonchev–Trinajstić information content (AvgIpc) is 2.44. The van der Waals surface area contributed by atoms with Crippen LogP contribution in [0.25, 0.3) is 0 Å². The second-order valence-corrected chi connectivity index (χ2v) is 5.62. The molecule has 2 aromatic carbocycles. The van der Waals surface area contributed by atoms with Gasteiger partial charge in [-0.15, -0.1) is 0 Å². The molecule has 2 N–H and O–H groups in total. The minimum Gasteiger partial charge on any atom is -0.508 e. The van der Waals surface area contributed by atoms with Crippen LogP contribution in [-0.4, -0.2) is 11.1 Å². The van der Waals surface area contributed by atoms with E-state index in [0.717, 1.165) is 6.42 Å². The Hall–Kier alpha value is -1.87. The predicted octanol–water partition coefficient (Wildman–Crippen LogP) is 4.12. The summed E-state index contributed by atoms with van der Waals surface area (Å²) >= 11 is 0. The fraction of sp³-hybridized carbons (Fsp3) is 0.333. The SMILES string of the molecule is Cc1ccccc1CC(C)NC(C)c1cc(F)ccc1O. The van der Waals surface area contributed by atoms with Crippen molar-refractivity contribution in [2.75, 3.05) is 0 Å². The Kier molecular flexibility index (Phi) is 4.97. The van der Waals surface area contributed by atoms with Gasteiger partial charge in [0.2, 0.25) is 0 Å². The molecule has 0 heterocycles. The van der Waals surface area contributed by atoms with E-state index in [0.29, 0.717) is 5.56 Å². The summed E-state index contributed by atoms with van der Waals surface area (Å²) in [4.78, 5) is 0. The number of nitrogens with one attached hydrogen (secondary N) is 1. The summed E-state index contributed by atoms with van der Waals surface area (Å²) in [5.74, 6) is -0.206. The molecular weight excluding hydrogens is 265 g/mol. The fourth-order valence-electron chi connectivity index (χ4n) is 2.62. The van der Waals surface area contributed by atoms with Gasteiger partial charge in [0, 0.05) is 17.6 Å². The molecule has 0 aromatic heterocycles. The highest BCUT2D eigenvalue weighted by molar-refractivity contribution is 5.35. The summed E-state index contributed by atoms with van der Waals surface area (Å²) in [6.07, 6.45) is 0.896. The number of halogens is 1. The zero-order chi connectivity index (χ0) is 15.4. The number of phenols is 1. The molecule has 0 saturated carbocycles. The summed E-state index contributed by atoms with van der Waals surface area (Å²) in [6, 6.07) is 12.5. The van der Waals surface area contributed by atoms with Crippen molar-refractivity contribution >= 4 is 0 Å². The normalized spacial score (nSPS) is 13.9. The first-order valence-electron chi connectivity index (χ1n) is 7.26. The van der Waals surface area contributed by atoms with Crippen molar-refractivity contribution in [1.82, 2.24) is 5.32 Å². The van der Waals surface area contributed by atoms with Crippen molar-refractivity contribution in [3.63, 3.8) is 0 Å². The molecule has 2 nitrogen and oxygen atoms in total. The van der Waals surface area contributed by atoms with Crippen molar-refractivity contribution < 1.29 is 9.50 Å². The van der Waals surface area contributed by atoms with Gasteiger partial charge in [0.15, 0.2) is 0 Å². The quantitative estimate of drug-likeness (QED) is 0.867. The van der Waals surface area contributed by atoms with E-state index in [2.05, 4.69) is 31.3 Å². The first-order chi connectivity index (χ1) is 9.97. The Morgan fingerprint density at radius 1 is 1.14 bits per heavy atom. The third-order valence-electron chi connectivity index (χ3n) is 3.78. The molecule has 0 bridgehead atoms. The number of benzene rings is 2. The van der Waals surface area contributed by atoms with Crippen LogP contribution in [0, 0.1) is 12.7 Å². The smallest absolute Gasteiger partial charge is 0.123 e. The van der Waals surface area contributed by atoms with E-state index in [1.807, 2.05) is 19.1 Å². The van der Waals surface area contributed by atoms with Crippen molar-refractivity contribution in [3.8, 4) is 5.75 Å². The van der Waals surface area contributed by atoms with Gasteiger partial charge in [0.1, 0.15) is 11.6 Å². The largest absolute Gasteiger partial charge is 0.508 e. The highest BCUT2D eigenvalue weighted by Gasteiger charge is 2.14. The molecule has 2 rings (SSSR count). The molecule has 0 saturated heterocycles. The Bertz CT molecular complexity index is 612.